The summed E-state index contributed by atoms with van der Waals surface area (Å²) in [5, 5.41) is 14.3. The Morgan fingerprint density at radius 1 is 1.26 bits per heavy atom. The summed E-state index contributed by atoms with van der Waals surface area (Å²) in [5.41, 5.74) is 0.200. The van der Waals surface area contributed by atoms with Crippen molar-refractivity contribution < 1.29 is 9.90 Å². The van der Waals surface area contributed by atoms with Crippen molar-refractivity contribution >= 4 is 33.4 Å². The number of rotatable bonds is 5. The lowest BCUT2D eigenvalue weighted by atomic mass is 9.88. The van der Waals surface area contributed by atoms with E-state index in [9.17, 15) is 9.90 Å². The van der Waals surface area contributed by atoms with Gasteiger partial charge in [0.2, 0.25) is 0 Å². The number of amides is 1. The van der Waals surface area contributed by atoms with E-state index in [4.69, 9.17) is 11.6 Å². The van der Waals surface area contributed by atoms with E-state index in [2.05, 4.69) is 21.2 Å². The average molecular weight is 395 g/mol. The molecule has 1 amide bonds. The zero-order valence-corrected chi connectivity index (χ0v) is 14.8. The zero-order valence-electron chi connectivity index (χ0n) is 12.4. The lowest BCUT2D eigenvalue weighted by Crippen LogP contribution is -2.42. The van der Waals surface area contributed by atoms with Crippen LogP contribution in [0.25, 0.3) is 0 Å². The number of carbonyl (C=O) groups excluding carboxylic acids is 1. The van der Waals surface area contributed by atoms with Crippen molar-refractivity contribution in [3.05, 3.63) is 69.2 Å². The summed E-state index contributed by atoms with van der Waals surface area (Å²) in [6, 6.07) is 14.6. The number of nitrogens with one attached hydrogen (secondary N) is 1. The minimum absolute atomic E-state index is 0.170. The fourth-order valence-electron chi connectivity index (χ4n) is 2.75. The predicted molar refractivity (Wildman–Crippen MR) is 94.5 cm³/mol. The van der Waals surface area contributed by atoms with Gasteiger partial charge in [-0.15, -0.1) is 0 Å². The smallest absolute Gasteiger partial charge is 0.252 e. The third kappa shape index (κ3) is 3.60. The molecule has 0 radical (unpaired) electrons. The number of hydrogen-bond donors (Lipinski definition) is 2. The van der Waals surface area contributed by atoms with Crippen molar-refractivity contribution in [3.8, 4) is 0 Å². The molecule has 3 rings (SSSR count). The lowest BCUT2D eigenvalue weighted by molar-refractivity contribution is 0.0135. The van der Waals surface area contributed by atoms with Crippen molar-refractivity contribution in [2.45, 2.75) is 18.4 Å². The molecule has 0 aromatic heterocycles. The molecule has 1 atom stereocenters. The summed E-state index contributed by atoms with van der Waals surface area (Å²) in [5.74, 6) is -0.102. The van der Waals surface area contributed by atoms with Crippen LogP contribution in [0.1, 0.15) is 28.8 Å². The van der Waals surface area contributed by atoms with Gasteiger partial charge in [-0.05, 0) is 42.5 Å². The van der Waals surface area contributed by atoms with Crippen LogP contribution in [0.4, 0.5) is 0 Å². The maximum Gasteiger partial charge on any atom is 0.252 e. The highest BCUT2D eigenvalue weighted by atomic mass is 79.9. The first-order valence-corrected chi connectivity index (χ1v) is 8.69. The number of aliphatic hydroxyl groups is 1. The van der Waals surface area contributed by atoms with Crippen LogP contribution in [-0.4, -0.2) is 17.6 Å². The topological polar surface area (TPSA) is 49.3 Å². The molecular weight excluding hydrogens is 378 g/mol. The maximum absolute atomic E-state index is 12.4. The molecule has 1 aliphatic rings. The van der Waals surface area contributed by atoms with E-state index in [1.807, 2.05) is 30.3 Å². The fourth-order valence-corrected chi connectivity index (χ4v) is 3.32. The van der Waals surface area contributed by atoms with Gasteiger partial charge >= 0.3 is 0 Å². The molecule has 120 valence electrons. The zero-order chi connectivity index (χ0) is 16.4. The average Bonchev–Trinajstić information content (AvgIpc) is 3.41. The third-order valence-corrected chi connectivity index (χ3v) is 5.04. The standard InChI is InChI=1S/C18H17BrClNO2/c19-14-8-9-16(20)15(10-14)17(22)21-11-18(23,13-6-7-13)12-4-2-1-3-5-12/h1-5,8-10,13,23H,6-7,11H2,(H,21,22)/t18-/m1/s1. The van der Waals surface area contributed by atoms with Crippen molar-refractivity contribution in [1.29, 1.82) is 0 Å². The van der Waals surface area contributed by atoms with Gasteiger partial charge < -0.3 is 10.4 Å². The minimum atomic E-state index is -1.03. The van der Waals surface area contributed by atoms with Gasteiger partial charge in [0.1, 0.15) is 5.60 Å². The van der Waals surface area contributed by atoms with Gasteiger partial charge in [0.25, 0.3) is 5.91 Å². The van der Waals surface area contributed by atoms with Gasteiger partial charge in [-0.1, -0.05) is 57.9 Å². The van der Waals surface area contributed by atoms with Crippen LogP contribution < -0.4 is 5.32 Å². The first kappa shape index (κ1) is 16.5. The highest BCUT2D eigenvalue weighted by molar-refractivity contribution is 9.10. The second-order valence-corrected chi connectivity index (χ2v) is 7.19. The van der Waals surface area contributed by atoms with Crippen LogP contribution in [0.5, 0.6) is 0 Å². The molecule has 5 heteroatoms. The Morgan fingerprint density at radius 2 is 1.96 bits per heavy atom. The molecule has 2 aromatic carbocycles. The van der Waals surface area contributed by atoms with E-state index >= 15 is 0 Å². The van der Waals surface area contributed by atoms with Gasteiger partial charge in [-0.3, -0.25) is 4.79 Å². The number of hydrogen-bond acceptors (Lipinski definition) is 2. The van der Waals surface area contributed by atoms with Crippen molar-refractivity contribution in [2.75, 3.05) is 6.54 Å². The predicted octanol–water partition coefficient (Wildman–Crippen LogP) is 4.13. The Kier molecular flexibility index (Phi) is 4.76. The molecule has 2 N–H and O–H groups in total. The van der Waals surface area contributed by atoms with Gasteiger partial charge in [0.15, 0.2) is 0 Å². The normalized spacial score (nSPS) is 16.7. The second kappa shape index (κ2) is 6.63. The highest BCUT2D eigenvalue weighted by Gasteiger charge is 2.45. The van der Waals surface area contributed by atoms with E-state index in [1.165, 1.54) is 0 Å². The van der Waals surface area contributed by atoms with E-state index in [0.717, 1.165) is 22.9 Å². The molecule has 0 heterocycles. The SMILES string of the molecule is O=C(NC[C@@](O)(c1ccccc1)C1CC1)c1cc(Br)ccc1Cl. The van der Waals surface area contributed by atoms with Crippen molar-refractivity contribution in [2.24, 2.45) is 5.92 Å². The van der Waals surface area contributed by atoms with Gasteiger partial charge in [0.05, 0.1) is 17.1 Å². The van der Waals surface area contributed by atoms with E-state index in [0.29, 0.717) is 10.6 Å². The fraction of sp³-hybridized carbons (Fsp3) is 0.278. The third-order valence-electron chi connectivity index (χ3n) is 4.22. The van der Waals surface area contributed by atoms with Crippen LogP contribution in [0.2, 0.25) is 5.02 Å². The molecule has 0 bridgehead atoms. The molecule has 1 saturated carbocycles. The molecule has 1 aliphatic carbocycles. The van der Waals surface area contributed by atoms with Crippen LogP contribution in [0.15, 0.2) is 53.0 Å². The molecule has 23 heavy (non-hydrogen) atoms. The van der Waals surface area contributed by atoms with Crippen molar-refractivity contribution in [3.63, 3.8) is 0 Å². The molecule has 1 fully saturated rings. The number of carbonyl (C=O) groups is 1. The van der Waals surface area contributed by atoms with Crippen LogP contribution in [-0.2, 0) is 5.60 Å². The first-order chi connectivity index (χ1) is 11.0. The second-order valence-electron chi connectivity index (χ2n) is 5.87. The summed E-state index contributed by atoms with van der Waals surface area (Å²) in [6.45, 7) is 0.170. The van der Waals surface area contributed by atoms with Gasteiger partial charge in [-0.25, -0.2) is 0 Å². The largest absolute Gasteiger partial charge is 0.383 e. The molecule has 0 saturated heterocycles. The van der Waals surface area contributed by atoms with Crippen LogP contribution in [0, 0.1) is 5.92 Å². The van der Waals surface area contributed by atoms with E-state index in [-0.39, 0.29) is 18.4 Å². The Hall–Kier alpha value is -1.36. The van der Waals surface area contributed by atoms with Crippen LogP contribution in [0.3, 0.4) is 0 Å². The number of benzene rings is 2. The maximum atomic E-state index is 12.4. The summed E-state index contributed by atoms with van der Waals surface area (Å²) in [4.78, 5) is 12.4. The Labute approximate surface area is 148 Å². The lowest BCUT2D eigenvalue weighted by Gasteiger charge is -2.29. The molecular formula is C18H17BrClNO2. The summed E-state index contributed by atoms with van der Waals surface area (Å²) in [6.07, 6.45) is 1.94. The Bertz CT molecular complexity index is 718. The monoisotopic (exact) mass is 393 g/mol. The first-order valence-electron chi connectivity index (χ1n) is 7.52. The summed E-state index contributed by atoms with van der Waals surface area (Å²) < 4.78 is 0.785. The molecule has 0 aliphatic heterocycles. The van der Waals surface area contributed by atoms with E-state index in [1.54, 1.807) is 18.2 Å². The van der Waals surface area contributed by atoms with E-state index < -0.39 is 5.60 Å². The Balaban J connectivity index is 1.77. The molecule has 2 aromatic rings. The molecule has 3 nitrogen and oxygen atoms in total. The highest BCUT2D eigenvalue weighted by Crippen LogP contribution is 2.45. The quantitative estimate of drug-likeness (QED) is 0.801. The van der Waals surface area contributed by atoms with Crippen LogP contribution >= 0.6 is 27.5 Å². The number of halogens is 2. The minimum Gasteiger partial charge on any atom is -0.383 e. The van der Waals surface area contributed by atoms with Gasteiger partial charge in [-0.2, -0.15) is 0 Å². The molecule has 0 spiro atoms. The summed E-state index contributed by atoms with van der Waals surface area (Å²) >= 11 is 9.43. The Morgan fingerprint density at radius 3 is 2.61 bits per heavy atom. The van der Waals surface area contributed by atoms with Gasteiger partial charge in [0, 0.05) is 4.47 Å². The summed E-state index contributed by atoms with van der Waals surface area (Å²) in [7, 11) is 0. The molecule has 0 unspecified atom stereocenters. The van der Waals surface area contributed by atoms with Crippen molar-refractivity contribution in [1.82, 2.24) is 5.32 Å².